The molecular formula is C13H23N3O. The highest BCUT2D eigenvalue weighted by Crippen LogP contribution is 2.22. The number of hydrogen-bond acceptors (Lipinski definition) is 4. The van der Waals surface area contributed by atoms with Crippen LogP contribution in [-0.2, 0) is 0 Å². The van der Waals surface area contributed by atoms with Crippen LogP contribution in [0.5, 0.6) is 5.75 Å². The van der Waals surface area contributed by atoms with Crippen molar-refractivity contribution in [2.75, 3.05) is 32.1 Å². The lowest BCUT2D eigenvalue weighted by molar-refractivity contribution is 0.410. The number of ether oxygens (including phenoxy) is 1. The monoisotopic (exact) mass is 237 g/mol. The molecule has 0 saturated heterocycles. The van der Waals surface area contributed by atoms with E-state index in [-0.39, 0.29) is 5.54 Å². The third kappa shape index (κ3) is 4.61. The summed E-state index contributed by atoms with van der Waals surface area (Å²) in [6, 6.07) is 3.81. The molecule has 4 heteroatoms. The molecule has 0 aliphatic carbocycles. The summed E-state index contributed by atoms with van der Waals surface area (Å²) in [5.41, 5.74) is 0.148. The zero-order valence-electron chi connectivity index (χ0n) is 11.4. The van der Waals surface area contributed by atoms with Gasteiger partial charge in [0.05, 0.1) is 7.11 Å². The Balaban J connectivity index is 2.55. The van der Waals surface area contributed by atoms with Crippen molar-refractivity contribution in [1.82, 2.24) is 10.3 Å². The third-order valence-corrected chi connectivity index (χ3v) is 2.43. The van der Waals surface area contributed by atoms with Crippen LogP contribution >= 0.6 is 0 Å². The summed E-state index contributed by atoms with van der Waals surface area (Å²) in [5.74, 6) is 1.69. The number of hydrogen-bond donors (Lipinski definition) is 1. The first-order chi connectivity index (χ1) is 7.94. The molecule has 0 aliphatic heterocycles. The molecule has 96 valence electrons. The van der Waals surface area contributed by atoms with E-state index in [2.05, 4.69) is 36.0 Å². The van der Waals surface area contributed by atoms with Crippen LogP contribution in [0.1, 0.15) is 20.8 Å². The van der Waals surface area contributed by atoms with Crippen LogP contribution in [0.2, 0.25) is 0 Å². The Hall–Kier alpha value is -1.29. The van der Waals surface area contributed by atoms with Crippen molar-refractivity contribution in [3.05, 3.63) is 18.3 Å². The Morgan fingerprint density at radius 1 is 1.41 bits per heavy atom. The SMILES string of the molecule is COc1cccnc1N(C)CCNC(C)(C)C. The molecule has 0 unspecified atom stereocenters. The molecule has 0 bridgehead atoms. The zero-order valence-corrected chi connectivity index (χ0v) is 11.4. The Bertz CT molecular complexity index is 347. The number of anilines is 1. The Morgan fingerprint density at radius 2 is 2.12 bits per heavy atom. The van der Waals surface area contributed by atoms with E-state index in [4.69, 9.17) is 4.74 Å². The second-order valence-electron chi connectivity index (χ2n) is 5.13. The fourth-order valence-corrected chi connectivity index (χ4v) is 1.53. The Morgan fingerprint density at radius 3 is 2.71 bits per heavy atom. The van der Waals surface area contributed by atoms with Crippen molar-refractivity contribution in [2.45, 2.75) is 26.3 Å². The van der Waals surface area contributed by atoms with Gasteiger partial charge in [0.25, 0.3) is 0 Å². The van der Waals surface area contributed by atoms with Gasteiger partial charge in [-0.2, -0.15) is 0 Å². The van der Waals surface area contributed by atoms with Gasteiger partial charge >= 0.3 is 0 Å². The Kier molecular flexibility index (Phi) is 4.75. The predicted octanol–water partition coefficient (Wildman–Crippen LogP) is 1.91. The second kappa shape index (κ2) is 5.87. The van der Waals surface area contributed by atoms with Gasteiger partial charge in [0.1, 0.15) is 0 Å². The molecule has 1 aromatic heterocycles. The summed E-state index contributed by atoms with van der Waals surface area (Å²) in [6.07, 6.45) is 1.78. The first-order valence-electron chi connectivity index (χ1n) is 5.89. The van der Waals surface area contributed by atoms with Crippen molar-refractivity contribution in [3.63, 3.8) is 0 Å². The van der Waals surface area contributed by atoms with Gasteiger partial charge in [0, 0.05) is 31.9 Å². The topological polar surface area (TPSA) is 37.4 Å². The first-order valence-corrected chi connectivity index (χ1v) is 5.89. The number of pyridine rings is 1. The molecule has 0 spiro atoms. The minimum absolute atomic E-state index is 0.148. The molecule has 1 rings (SSSR count). The highest BCUT2D eigenvalue weighted by atomic mass is 16.5. The molecule has 0 fully saturated rings. The average molecular weight is 237 g/mol. The number of methoxy groups -OCH3 is 1. The quantitative estimate of drug-likeness (QED) is 0.849. The Labute approximate surface area is 104 Å². The number of nitrogens with zero attached hydrogens (tertiary/aromatic N) is 2. The van der Waals surface area contributed by atoms with E-state index in [1.165, 1.54) is 0 Å². The van der Waals surface area contributed by atoms with E-state index >= 15 is 0 Å². The van der Waals surface area contributed by atoms with Crippen molar-refractivity contribution in [3.8, 4) is 5.75 Å². The molecule has 0 radical (unpaired) electrons. The van der Waals surface area contributed by atoms with Gasteiger partial charge in [-0.15, -0.1) is 0 Å². The zero-order chi connectivity index (χ0) is 12.9. The van der Waals surface area contributed by atoms with Gasteiger partial charge in [0.2, 0.25) is 0 Å². The number of rotatable bonds is 5. The predicted molar refractivity (Wildman–Crippen MR) is 71.8 cm³/mol. The van der Waals surface area contributed by atoms with Crippen molar-refractivity contribution in [1.29, 1.82) is 0 Å². The second-order valence-corrected chi connectivity index (χ2v) is 5.13. The molecule has 17 heavy (non-hydrogen) atoms. The molecule has 1 aromatic rings. The van der Waals surface area contributed by atoms with Crippen LogP contribution in [0.15, 0.2) is 18.3 Å². The summed E-state index contributed by atoms with van der Waals surface area (Å²) in [4.78, 5) is 6.43. The maximum Gasteiger partial charge on any atom is 0.171 e. The van der Waals surface area contributed by atoms with Gasteiger partial charge in [-0.3, -0.25) is 0 Å². The summed E-state index contributed by atoms with van der Waals surface area (Å²) >= 11 is 0. The van der Waals surface area contributed by atoms with Gasteiger partial charge in [-0.25, -0.2) is 4.98 Å². The first kappa shape index (κ1) is 13.8. The summed E-state index contributed by atoms with van der Waals surface area (Å²) in [5, 5.41) is 3.45. The number of likely N-dealkylation sites (N-methyl/N-ethyl adjacent to an activating group) is 1. The van der Waals surface area contributed by atoms with Crippen LogP contribution in [0.25, 0.3) is 0 Å². The highest BCUT2D eigenvalue weighted by molar-refractivity contribution is 5.51. The van der Waals surface area contributed by atoms with Crippen molar-refractivity contribution in [2.24, 2.45) is 0 Å². The minimum atomic E-state index is 0.148. The summed E-state index contributed by atoms with van der Waals surface area (Å²) in [6.45, 7) is 8.29. The van der Waals surface area contributed by atoms with E-state index in [1.54, 1.807) is 13.3 Å². The van der Waals surface area contributed by atoms with Crippen LogP contribution in [-0.4, -0.2) is 37.8 Å². The van der Waals surface area contributed by atoms with Crippen molar-refractivity contribution >= 4 is 5.82 Å². The van der Waals surface area contributed by atoms with Gasteiger partial charge < -0.3 is 15.0 Å². The summed E-state index contributed by atoms with van der Waals surface area (Å²) in [7, 11) is 3.69. The van der Waals surface area contributed by atoms with E-state index < -0.39 is 0 Å². The lowest BCUT2D eigenvalue weighted by Gasteiger charge is -2.24. The fraction of sp³-hybridized carbons (Fsp3) is 0.615. The van der Waals surface area contributed by atoms with Gasteiger partial charge in [-0.05, 0) is 32.9 Å². The molecule has 0 atom stereocenters. The molecule has 1 N–H and O–H groups in total. The van der Waals surface area contributed by atoms with Crippen LogP contribution in [0.4, 0.5) is 5.82 Å². The van der Waals surface area contributed by atoms with E-state index in [0.717, 1.165) is 24.7 Å². The van der Waals surface area contributed by atoms with Gasteiger partial charge in [-0.1, -0.05) is 0 Å². The van der Waals surface area contributed by atoms with Crippen LogP contribution in [0.3, 0.4) is 0 Å². The average Bonchev–Trinajstić information content (AvgIpc) is 2.27. The number of nitrogens with one attached hydrogen (secondary N) is 1. The van der Waals surface area contributed by atoms with E-state index in [1.807, 2.05) is 19.2 Å². The molecule has 0 saturated carbocycles. The van der Waals surface area contributed by atoms with E-state index in [9.17, 15) is 0 Å². The highest BCUT2D eigenvalue weighted by Gasteiger charge is 2.11. The minimum Gasteiger partial charge on any atom is -0.493 e. The molecule has 0 aliphatic rings. The summed E-state index contributed by atoms with van der Waals surface area (Å²) < 4.78 is 5.29. The number of aromatic nitrogens is 1. The van der Waals surface area contributed by atoms with Crippen LogP contribution < -0.4 is 15.0 Å². The third-order valence-electron chi connectivity index (χ3n) is 2.43. The molecule has 4 nitrogen and oxygen atoms in total. The maximum atomic E-state index is 5.29. The lowest BCUT2D eigenvalue weighted by Crippen LogP contribution is -2.40. The molecular weight excluding hydrogens is 214 g/mol. The van der Waals surface area contributed by atoms with E-state index in [0.29, 0.717) is 0 Å². The standard InChI is InChI=1S/C13H23N3O/c1-13(2,3)15-9-10-16(4)12-11(17-5)7-6-8-14-12/h6-8,15H,9-10H2,1-5H3. The largest absolute Gasteiger partial charge is 0.493 e. The molecule has 1 heterocycles. The van der Waals surface area contributed by atoms with Crippen molar-refractivity contribution < 1.29 is 4.74 Å². The van der Waals surface area contributed by atoms with Gasteiger partial charge in [0.15, 0.2) is 11.6 Å². The van der Waals surface area contributed by atoms with Crippen LogP contribution in [0, 0.1) is 0 Å². The lowest BCUT2D eigenvalue weighted by atomic mass is 10.1. The fourth-order valence-electron chi connectivity index (χ4n) is 1.53. The smallest absolute Gasteiger partial charge is 0.171 e. The molecule has 0 aromatic carbocycles. The maximum absolute atomic E-state index is 5.29. The molecule has 0 amide bonds. The normalized spacial score (nSPS) is 11.4.